The van der Waals surface area contributed by atoms with Crippen LogP contribution >= 0.6 is 0 Å². The lowest BCUT2D eigenvalue weighted by Crippen LogP contribution is -2.10. The molecule has 0 radical (unpaired) electrons. The lowest BCUT2D eigenvalue weighted by atomic mass is 9.96. The van der Waals surface area contributed by atoms with Crippen molar-refractivity contribution in [1.29, 1.82) is 0 Å². The molecule has 2 aromatic carbocycles. The highest BCUT2D eigenvalue weighted by molar-refractivity contribution is 6.08. The first kappa shape index (κ1) is 15.0. The molecular formula is C18H18O3. The number of aryl methyl sites for hydroxylation is 1. The molecule has 0 aliphatic rings. The number of methoxy groups -OCH3 is 1. The number of rotatable bonds is 5. The summed E-state index contributed by atoms with van der Waals surface area (Å²) in [4.78, 5) is 24.2. The van der Waals surface area contributed by atoms with Crippen molar-refractivity contribution in [2.24, 2.45) is 0 Å². The Kier molecular flexibility index (Phi) is 4.53. The van der Waals surface area contributed by atoms with Crippen LogP contribution in [0.3, 0.4) is 0 Å². The van der Waals surface area contributed by atoms with Crippen molar-refractivity contribution in [1.82, 2.24) is 0 Å². The maximum absolute atomic E-state index is 12.5. The topological polar surface area (TPSA) is 43.4 Å². The molecule has 0 atom stereocenters. The van der Waals surface area contributed by atoms with Gasteiger partial charge in [-0.3, -0.25) is 9.59 Å². The second-order valence-corrected chi connectivity index (χ2v) is 5.05. The smallest absolute Gasteiger partial charge is 0.168 e. The van der Waals surface area contributed by atoms with Gasteiger partial charge >= 0.3 is 0 Å². The fraction of sp³-hybridized carbons (Fsp3) is 0.222. The van der Waals surface area contributed by atoms with E-state index in [1.165, 1.54) is 14.0 Å². The summed E-state index contributed by atoms with van der Waals surface area (Å²) in [7, 11) is 1.54. The predicted molar refractivity (Wildman–Crippen MR) is 82.2 cm³/mol. The highest BCUT2D eigenvalue weighted by Crippen LogP contribution is 2.20. The molecule has 21 heavy (non-hydrogen) atoms. The molecule has 0 fully saturated rings. The monoisotopic (exact) mass is 282 g/mol. The minimum Gasteiger partial charge on any atom is -0.497 e. The van der Waals surface area contributed by atoms with E-state index in [0.29, 0.717) is 16.9 Å². The summed E-state index contributed by atoms with van der Waals surface area (Å²) in [5.74, 6) is 0.375. The van der Waals surface area contributed by atoms with E-state index in [-0.39, 0.29) is 18.0 Å². The van der Waals surface area contributed by atoms with Gasteiger partial charge in [0.2, 0.25) is 0 Å². The van der Waals surface area contributed by atoms with Crippen LogP contribution in [0.25, 0.3) is 0 Å². The van der Waals surface area contributed by atoms with Gasteiger partial charge < -0.3 is 4.74 Å². The minimum atomic E-state index is -0.120. The standard InChI is InChI=1S/C18H18O3/c1-12-4-6-14(7-5-12)10-18(20)17-11-15(21-3)8-9-16(17)13(2)19/h4-9,11H,10H2,1-3H3. The number of benzene rings is 2. The summed E-state index contributed by atoms with van der Waals surface area (Å²) in [5.41, 5.74) is 2.94. The molecule has 3 heteroatoms. The second-order valence-electron chi connectivity index (χ2n) is 5.05. The molecule has 0 bridgehead atoms. The lowest BCUT2D eigenvalue weighted by molar-refractivity contribution is 0.0968. The quantitative estimate of drug-likeness (QED) is 0.786. The highest BCUT2D eigenvalue weighted by atomic mass is 16.5. The van der Waals surface area contributed by atoms with E-state index < -0.39 is 0 Å². The zero-order valence-corrected chi connectivity index (χ0v) is 12.5. The average molecular weight is 282 g/mol. The fourth-order valence-electron chi connectivity index (χ4n) is 2.17. The maximum atomic E-state index is 12.5. The van der Waals surface area contributed by atoms with Crippen molar-refractivity contribution in [3.8, 4) is 5.75 Å². The molecule has 108 valence electrons. The zero-order valence-electron chi connectivity index (χ0n) is 12.5. The molecule has 2 rings (SSSR count). The lowest BCUT2D eigenvalue weighted by Gasteiger charge is -2.09. The van der Waals surface area contributed by atoms with Crippen LogP contribution in [0.2, 0.25) is 0 Å². The summed E-state index contributed by atoms with van der Waals surface area (Å²) in [5, 5.41) is 0. The van der Waals surface area contributed by atoms with Crippen molar-refractivity contribution in [3.63, 3.8) is 0 Å². The molecule has 0 N–H and O–H groups in total. The molecule has 2 aromatic rings. The number of hydrogen-bond donors (Lipinski definition) is 0. The van der Waals surface area contributed by atoms with Crippen LogP contribution in [0.15, 0.2) is 42.5 Å². The van der Waals surface area contributed by atoms with Gasteiger partial charge in [-0.2, -0.15) is 0 Å². The maximum Gasteiger partial charge on any atom is 0.168 e. The van der Waals surface area contributed by atoms with Crippen LogP contribution in [-0.2, 0) is 6.42 Å². The van der Waals surface area contributed by atoms with Gasteiger partial charge in [0, 0.05) is 17.5 Å². The fourth-order valence-corrected chi connectivity index (χ4v) is 2.17. The molecule has 0 unspecified atom stereocenters. The van der Waals surface area contributed by atoms with E-state index in [2.05, 4.69) is 0 Å². The van der Waals surface area contributed by atoms with Crippen LogP contribution in [0, 0.1) is 6.92 Å². The molecular weight excluding hydrogens is 264 g/mol. The van der Waals surface area contributed by atoms with E-state index >= 15 is 0 Å². The van der Waals surface area contributed by atoms with E-state index in [1.54, 1.807) is 18.2 Å². The van der Waals surface area contributed by atoms with E-state index in [4.69, 9.17) is 4.74 Å². The highest BCUT2D eigenvalue weighted by Gasteiger charge is 2.16. The number of Topliss-reactive ketones (excluding diaryl/α,β-unsaturated/α-hetero) is 2. The van der Waals surface area contributed by atoms with E-state index in [9.17, 15) is 9.59 Å². The van der Waals surface area contributed by atoms with Crippen molar-refractivity contribution in [2.75, 3.05) is 7.11 Å². The van der Waals surface area contributed by atoms with Crippen LogP contribution in [0.1, 0.15) is 38.8 Å². The predicted octanol–water partition coefficient (Wildman–Crippen LogP) is 3.63. The van der Waals surface area contributed by atoms with Crippen LogP contribution < -0.4 is 4.74 Å². The first-order chi connectivity index (χ1) is 10.0. The summed E-state index contributed by atoms with van der Waals surface area (Å²) >= 11 is 0. The van der Waals surface area contributed by atoms with E-state index in [1.807, 2.05) is 31.2 Å². The van der Waals surface area contributed by atoms with Gasteiger partial charge in [0.15, 0.2) is 11.6 Å². The Morgan fingerprint density at radius 1 is 1.00 bits per heavy atom. The average Bonchev–Trinajstić information content (AvgIpc) is 2.48. The number of carbonyl (C=O) groups excluding carboxylic acids is 2. The number of ketones is 2. The van der Waals surface area contributed by atoms with Crippen LogP contribution in [-0.4, -0.2) is 18.7 Å². The Balaban J connectivity index is 2.33. The van der Waals surface area contributed by atoms with E-state index in [0.717, 1.165) is 11.1 Å². The van der Waals surface area contributed by atoms with Crippen LogP contribution in [0.5, 0.6) is 5.75 Å². The molecule has 0 saturated carbocycles. The molecule has 0 amide bonds. The third-order valence-corrected chi connectivity index (χ3v) is 3.39. The van der Waals surface area contributed by atoms with Gasteiger partial charge in [-0.25, -0.2) is 0 Å². The molecule has 3 nitrogen and oxygen atoms in total. The number of hydrogen-bond acceptors (Lipinski definition) is 3. The summed E-state index contributed by atoms with van der Waals surface area (Å²) in [6.07, 6.45) is 0.272. The Bertz CT molecular complexity index is 669. The van der Waals surface area contributed by atoms with Crippen LogP contribution in [0.4, 0.5) is 0 Å². The Hall–Kier alpha value is -2.42. The second kappa shape index (κ2) is 6.35. The molecule has 0 heterocycles. The van der Waals surface area contributed by atoms with Crippen molar-refractivity contribution < 1.29 is 14.3 Å². The summed E-state index contributed by atoms with van der Waals surface area (Å²) in [6, 6.07) is 12.8. The Labute approximate surface area is 124 Å². The Morgan fingerprint density at radius 2 is 1.67 bits per heavy atom. The molecule has 0 saturated heterocycles. The third-order valence-electron chi connectivity index (χ3n) is 3.39. The number of carbonyl (C=O) groups is 2. The molecule has 0 aliphatic heterocycles. The van der Waals surface area contributed by atoms with Gasteiger partial charge in [0.25, 0.3) is 0 Å². The van der Waals surface area contributed by atoms with Crippen molar-refractivity contribution in [2.45, 2.75) is 20.3 Å². The normalized spacial score (nSPS) is 10.2. The first-order valence-corrected chi connectivity index (χ1v) is 6.79. The van der Waals surface area contributed by atoms with Crippen molar-refractivity contribution >= 4 is 11.6 Å². The largest absolute Gasteiger partial charge is 0.497 e. The molecule has 0 spiro atoms. The molecule has 0 aliphatic carbocycles. The zero-order chi connectivity index (χ0) is 15.4. The molecule has 0 aromatic heterocycles. The summed E-state index contributed by atoms with van der Waals surface area (Å²) in [6.45, 7) is 3.46. The van der Waals surface area contributed by atoms with Gasteiger partial charge in [0.05, 0.1) is 7.11 Å². The van der Waals surface area contributed by atoms with Gasteiger partial charge in [-0.1, -0.05) is 29.8 Å². The number of ether oxygens (including phenoxy) is 1. The van der Waals surface area contributed by atoms with Gasteiger partial charge in [-0.05, 0) is 37.6 Å². The summed E-state index contributed by atoms with van der Waals surface area (Å²) < 4.78 is 5.14. The SMILES string of the molecule is COc1ccc(C(C)=O)c(C(=O)Cc2ccc(C)cc2)c1. The van der Waals surface area contributed by atoms with Gasteiger partial charge in [-0.15, -0.1) is 0 Å². The first-order valence-electron chi connectivity index (χ1n) is 6.79. The van der Waals surface area contributed by atoms with Gasteiger partial charge in [0.1, 0.15) is 5.75 Å². The Morgan fingerprint density at radius 3 is 2.24 bits per heavy atom. The third kappa shape index (κ3) is 3.57. The minimum absolute atomic E-state index is 0.0806. The van der Waals surface area contributed by atoms with Crippen molar-refractivity contribution in [3.05, 3.63) is 64.7 Å².